The second-order valence-corrected chi connectivity index (χ2v) is 8.96. The van der Waals surface area contributed by atoms with E-state index in [2.05, 4.69) is 10.0 Å². The van der Waals surface area contributed by atoms with Gasteiger partial charge >= 0.3 is 0 Å². The topological polar surface area (TPSA) is 75.3 Å². The summed E-state index contributed by atoms with van der Waals surface area (Å²) in [6, 6.07) is 16.5. The smallest absolute Gasteiger partial charge is 0.261 e. The van der Waals surface area contributed by atoms with E-state index in [4.69, 9.17) is 11.6 Å². The van der Waals surface area contributed by atoms with Crippen LogP contribution in [0.15, 0.2) is 65.6 Å². The number of carbonyl (C=O) groups is 1. The Bertz CT molecular complexity index is 1170. The summed E-state index contributed by atoms with van der Waals surface area (Å²) in [5.74, 6) is -0.422. The minimum absolute atomic E-state index is 0.138. The lowest BCUT2D eigenvalue weighted by Gasteiger charge is -2.12. The highest BCUT2D eigenvalue weighted by atomic mass is 35.5. The Morgan fingerprint density at radius 2 is 1.48 bits per heavy atom. The van der Waals surface area contributed by atoms with Gasteiger partial charge in [-0.2, -0.15) is 0 Å². The largest absolute Gasteiger partial charge is 0.322 e. The summed E-state index contributed by atoms with van der Waals surface area (Å²) in [5, 5.41) is 3.02. The summed E-state index contributed by atoms with van der Waals surface area (Å²) < 4.78 is 27.7. The van der Waals surface area contributed by atoms with Gasteiger partial charge in [-0.05, 0) is 74.4 Å². The Kier molecular flexibility index (Phi) is 5.96. The van der Waals surface area contributed by atoms with Crippen LogP contribution in [0.5, 0.6) is 0 Å². The number of nitrogens with one attached hydrogen (secondary N) is 2. The molecule has 150 valence electrons. The molecule has 0 saturated heterocycles. The number of carbonyl (C=O) groups excluding carboxylic acids is 1. The summed E-state index contributed by atoms with van der Waals surface area (Å²) in [6.07, 6.45) is 0. The number of hydrogen-bond donors (Lipinski definition) is 2. The first kappa shape index (κ1) is 20.9. The highest BCUT2D eigenvalue weighted by Crippen LogP contribution is 2.24. The zero-order valence-corrected chi connectivity index (χ0v) is 17.9. The van der Waals surface area contributed by atoms with Crippen LogP contribution in [0.2, 0.25) is 5.02 Å². The van der Waals surface area contributed by atoms with Crippen molar-refractivity contribution in [3.8, 4) is 0 Å². The van der Waals surface area contributed by atoms with E-state index in [1.165, 1.54) is 30.3 Å². The molecule has 0 aromatic heterocycles. The third kappa shape index (κ3) is 4.96. The predicted molar refractivity (Wildman–Crippen MR) is 117 cm³/mol. The molecule has 3 aromatic carbocycles. The molecular formula is C22H21ClN2O3S. The number of anilines is 2. The highest BCUT2D eigenvalue weighted by molar-refractivity contribution is 7.92. The summed E-state index contributed by atoms with van der Waals surface area (Å²) >= 11 is 6.18. The van der Waals surface area contributed by atoms with Gasteiger partial charge in [0.15, 0.2) is 0 Å². The maximum Gasteiger partial charge on any atom is 0.261 e. The van der Waals surface area contributed by atoms with Gasteiger partial charge in [0.1, 0.15) is 0 Å². The van der Waals surface area contributed by atoms with E-state index >= 15 is 0 Å². The lowest BCUT2D eigenvalue weighted by molar-refractivity contribution is 0.102. The molecule has 0 aliphatic heterocycles. The molecule has 3 rings (SSSR count). The van der Waals surface area contributed by atoms with Crippen LogP contribution in [0, 0.1) is 20.8 Å². The summed E-state index contributed by atoms with van der Waals surface area (Å²) in [6.45, 7) is 5.82. The van der Waals surface area contributed by atoms with Gasteiger partial charge < -0.3 is 5.32 Å². The Labute approximate surface area is 175 Å². The van der Waals surface area contributed by atoms with Crippen molar-refractivity contribution < 1.29 is 13.2 Å². The average Bonchev–Trinajstić information content (AvgIpc) is 2.66. The van der Waals surface area contributed by atoms with Crippen LogP contribution in [-0.2, 0) is 10.0 Å². The van der Waals surface area contributed by atoms with E-state index in [0.717, 1.165) is 16.7 Å². The van der Waals surface area contributed by atoms with Gasteiger partial charge in [-0.25, -0.2) is 8.42 Å². The van der Waals surface area contributed by atoms with Crippen molar-refractivity contribution in [3.63, 3.8) is 0 Å². The molecule has 0 spiro atoms. The number of aryl methyl sites for hydroxylation is 3. The zero-order valence-electron chi connectivity index (χ0n) is 16.3. The maximum atomic E-state index is 12.7. The molecule has 3 aromatic rings. The molecule has 0 aliphatic carbocycles. The third-order valence-corrected chi connectivity index (χ3v) is 6.29. The fraction of sp³-hybridized carbons (Fsp3) is 0.136. The normalized spacial score (nSPS) is 11.2. The van der Waals surface area contributed by atoms with Crippen molar-refractivity contribution in [2.75, 3.05) is 10.0 Å². The molecule has 0 atom stereocenters. The fourth-order valence-electron chi connectivity index (χ4n) is 2.71. The van der Waals surface area contributed by atoms with Gasteiger partial charge in [0.05, 0.1) is 15.5 Å². The second-order valence-electron chi connectivity index (χ2n) is 6.87. The van der Waals surface area contributed by atoms with E-state index in [9.17, 15) is 13.2 Å². The van der Waals surface area contributed by atoms with Gasteiger partial charge in [-0.1, -0.05) is 35.4 Å². The van der Waals surface area contributed by atoms with Crippen LogP contribution in [0.4, 0.5) is 11.4 Å². The molecule has 0 aliphatic rings. The van der Waals surface area contributed by atoms with Gasteiger partial charge in [-0.3, -0.25) is 9.52 Å². The molecule has 2 N–H and O–H groups in total. The summed E-state index contributed by atoms with van der Waals surface area (Å²) in [5.41, 5.74) is 4.19. The third-order valence-electron chi connectivity index (χ3n) is 4.56. The first-order valence-corrected chi connectivity index (χ1v) is 10.8. The number of benzene rings is 3. The quantitative estimate of drug-likeness (QED) is 0.577. The van der Waals surface area contributed by atoms with E-state index in [1.807, 2.05) is 32.9 Å². The summed E-state index contributed by atoms with van der Waals surface area (Å²) in [7, 11) is -3.78. The second kappa shape index (κ2) is 8.27. The molecular weight excluding hydrogens is 408 g/mol. The lowest BCUT2D eigenvalue weighted by atomic mass is 10.1. The zero-order chi connectivity index (χ0) is 21.2. The van der Waals surface area contributed by atoms with Crippen molar-refractivity contribution in [1.82, 2.24) is 0 Å². The Morgan fingerprint density at radius 1 is 0.828 bits per heavy atom. The van der Waals surface area contributed by atoms with Crippen molar-refractivity contribution in [2.45, 2.75) is 25.7 Å². The van der Waals surface area contributed by atoms with Gasteiger partial charge in [-0.15, -0.1) is 0 Å². The van der Waals surface area contributed by atoms with Crippen LogP contribution in [0.1, 0.15) is 27.0 Å². The monoisotopic (exact) mass is 428 g/mol. The molecule has 7 heteroatoms. The minimum Gasteiger partial charge on any atom is -0.322 e. The molecule has 0 fully saturated rings. The number of halogens is 1. The lowest BCUT2D eigenvalue weighted by Crippen LogP contribution is -2.15. The van der Waals surface area contributed by atoms with E-state index < -0.39 is 15.9 Å². The van der Waals surface area contributed by atoms with Crippen molar-refractivity contribution in [3.05, 3.63) is 87.9 Å². The minimum atomic E-state index is -3.78. The van der Waals surface area contributed by atoms with E-state index in [-0.39, 0.29) is 21.2 Å². The van der Waals surface area contributed by atoms with Crippen LogP contribution in [0.25, 0.3) is 0 Å². The number of hydrogen-bond acceptors (Lipinski definition) is 3. The van der Waals surface area contributed by atoms with Gasteiger partial charge in [0.2, 0.25) is 0 Å². The molecule has 0 unspecified atom stereocenters. The predicted octanol–water partition coefficient (Wildman–Crippen LogP) is 5.32. The molecule has 0 radical (unpaired) electrons. The molecule has 5 nitrogen and oxygen atoms in total. The average molecular weight is 429 g/mol. The van der Waals surface area contributed by atoms with Crippen LogP contribution in [-0.4, -0.2) is 14.3 Å². The summed E-state index contributed by atoms with van der Waals surface area (Å²) in [4.78, 5) is 12.8. The van der Waals surface area contributed by atoms with Crippen molar-refractivity contribution in [2.24, 2.45) is 0 Å². The number of amides is 1. The molecule has 29 heavy (non-hydrogen) atoms. The fourth-order valence-corrected chi connectivity index (χ4v) is 3.96. The molecule has 0 bridgehead atoms. The molecule has 0 saturated carbocycles. The Hall–Kier alpha value is -2.83. The number of rotatable bonds is 5. The van der Waals surface area contributed by atoms with Crippen LogP contribution >= 0.6 is 11.6 Å². The molecule has 0 heterocycles. The highest BCUT2D eigenvalue weighted by Gasteiger charge is 2.17. The Balaban J connectivity index is 1.84. The first-order valence-electron chi connectivity index (χ1n) is 8.93. The van der Waals surface area contributed by atoms with Crippen molar-refractivity contribution in [1.29, 1.82) is 0 Å². The number of sulfonamides is 1. The first-order chi connectivity index (χ1) is 13.7. The van der Waals surface area contributed by atoms with E-state index in [1.54, 1.807) is 18.2 Å². The van der Waals surface area contributed by atoms with Gasteiger partial charge in [0, 0.05) is 11.4 Å². The maximum absolute atomic E-state index is 12.7. The van der Waals surface area contributed by atoms with Crippen LogP contribution in [0.3, 0.4) is 0 Å². The van der Waals surface area contributed by atoms with Crippen LogP contribution < -0.4 is 10.0 Å². The van der Waals surface area contributed by atoms with E-state index in [0.29, 0.717) is 5.69 Å². The SMILES string of the molecule is Cc1ccc(S(=O)(=O)Nc2ccc(Cl)c(C(=O)Nc3ccc(C)c(C)c3)c2)cc1. The van der Waals surface area contributed by atoms with Gasteiger partial charge in [0.25, 0.3) is 15.9 Å². The Morgan fingerprint density at radius 3 is 2.14 bits per heavy atom. The molecule has 1 amide bonds. The van der Waals surface area contributed by atoms with Crippen molar-refractivity contribution >= 4 is 38.9 Å². The standard InChI is InChI=1S/C22H21ClN2O3S/c1-14-4-9-19(10-5-14)29(27,28)25-18-8-11-21(23)20(13-18)22(26)24-17-7-6-15(2)16(3)12-17/h4-13,25H,1-3H3,(H,24,26).